The molecule has 0 rings (SSSR count). The number of hydrogen-bond donors (Lipinski definition) is 1. The number of hydrogen-bond acceptors (Lipinski definition) is 6. The first-order chi connectivity index (χ1) is 7.58. The van der Waals surface area contributed by atoms with Gasteiger partial charge in [-0.1, -0.05) is 0 Å². The molecule has 0 bridgehead atoms. The molecule has 0 aliphatic carbocycles. The molecule has 0 aliphatic heterocycles. The lowest BCUT2D eigenvalue weighted by Crippen LogP contribution is -2.27. The van der Waals surface area contributed by atoms with Crippen molar-refractivity contribution >= 4 is 18.1 Å². The zero-order chi connectivity index (χ0) is 13.7. The molecule has 0 aromatic carbocycles. The minimum atomic E-state index is -5.76. The lowest BCUT2D eigenvalue weighted by molar-refractivity contribution is -0.0535. The number of alkyl halides is 3. The van der Waals surface area contributed by atoms with Crippen molar-refractivity contribution in [2.24, 2.45) is 0 Å². The predicted octanol–water partition coefficient (Wildman–Crippen LogP) is 1.64. The highest BCUT2D eigenvalue weighted by Crippen LogP contribution is 2.57. The third kappa shape index (κ3) is 5.45. The van der Waals surface area contributed by atoms with Crippen molar-refractivity contribution in [2.75, 3.05) is 19.6 Å². The second-order valence-electron chi connectivity index (χ2n) is 2.62. The maximum absolute atomic E-state index is 11.9. The van der Waals surface area contributed by atoms with Gasteiger partial charge in [-0.15, -0.1) is 0 Å². The van der Waals surface area contributed by atoms with Gasteiger partial charge in [-0.05, 0) is 13.8 Å². The third-order valence-electron chi connectivity index (χ3n) is 1.32. The molecule has 0 saturated heterocycles. The zero-order valence-electron chi connectivity index (χ0n) is 9.10. The maximum Gasteiger partial charge on any atom is 0.523 e. The van der Waals surface area contributed by atoms with Crippen molar-refractivity contribution in [2.45, 2.75) is 19.4 Å². The second kappa shape index (κ2) is 6.26. The van der Waals surface area contributed by atoms with E-state index < -0.39 is 29.9 Å². The van der Waals surface area contributed by atoms with Gasteiger partial charge < -0.3 is 0 Å². The fraction of sp³-hybridized carbons (Fsp3) is 1.00. The molecule has 0 saturated carbocycles. The van der Waals surface area contributed by atoms with Crippen molar-refractivity contribution in [1.29, 1.82) is 0 Å². The smallest absolute Gasteiger partial charge is 0.216 e. The fourth-order valence-electron chi connectivity index (χ4n) is 0.718. The van der Waals surface area contributed by atoms with Gasteiger partial charge in [0, 0.05) is 0 Å². The van der Waals surface area contributed by atoms with Crippen molar-refractivity contribution in [3.05, 3.63) is 0 Å². The van der Waals surface area contributed by atoms with Gasteiger partial charge in [-0.2, -0.15) is 35.5 Å². The van der Waals surface area contributed by atoms with Crippen LogP contribution in [0.3, 0.4) is 0 Å². The average Bonchev–Trinajstić information content (AvgIpc) is 2.14. The van der Waals surface area contributed by atoms with Crippen LogP contribution in [0.4, 0.5) is 13.2 Å². The monoisotopic (exact) mass is 301 g/mol. The van der Waals surface area contributed by atoms with Crippen molar-refractivity contribution in [3.63, 3.8) is 0 Å². The number of rotatable bonds is 7. The first-order valence-corrected chi connectivity index (χ1v) is 7.60. The Balaban J connectivity index is 4.62. The highest BCUT2D eigenvalue weighted by Gasteiger charge is 2.51. The van der Waals surface area contributed by atoms with E-state index in [1.54, 1.807) is 0 Å². The average molecular weight is 301 g/mol. The Bertz CT molecular complexity index is 323. The molecule has 0 atom stereocenters. The van der Waals surface area contributed by atoms with Gasteiger partial charge in [-0.3, -0.25) is 0 Å². The van der Waals surface area contributed by atoms with E-state index in [9.17, 15) is 26.5 Å². The normalized spacial score (nSPS) is 14.0. The summed E-state index contributed by atoms with van der Waals surface area (Å²) >= 11 is 0. The molecule has 17 heavy (non-hydrogen) atoms. The summed E-state index contributed by atoms with van der Waals surface area (Å²) in [4.78, 5) is 9.55. The van der Waals surface area contributed by atoms with Crippen LogP contribution in [0.25, 0.3) is 0 Å². The van der Waals surface area contributed by atoms with Gasteiger partial charge in [0.25, 0.3) is 6.35 Å². The van der Waals surface area contributed by atoms with Crippen LogP contribution in [0, 0.1) is 0 Å². The Kier molecular flexibility index (Phi) is 6.26. The minimum Gasteiger partial charge on any atom is -0.216 e. The zero-order valence-corrected chi connectivity index (χ0v) is 10.8. The van der Waals surface area contributed by atoms with Crippen LogP contribution in [0.1, 0.15) is 13.8 Å². The molecular formula is C6H13F3O6PS+. The molecule has 0 fully saturated rings. The summed E-state index contributed by atoms with van der Waals surface area (Å²) in [6, 6.07) is 0. The van der Waals surface area contributed by atoms with Crippen LogP contribution in [0.15, 0.2) is 0 Å². The molecule has 1 N–H and O–H groups in total. The van der Waals surface area contributed by atoms with Gasteiger partial charge >= 0.3 is 23.6 Å². The molecule has 0 unspecified atom stereocenters. The summed E-state index contributed by atoms with van der Waals surface area (Å²) in [5, 5.41) is 0. The van der Waals surface area contributed by atoms with E-state index >= 15 is 0 Å². The van der Waals surface area contributed by atoms with E-state index in [0.29, 0.717) is 0 Å². The lowest BCUT2D eigenvalue weighted by atomic mass is 10.9. The van der Waals surface area contributed by atoms with E-state index in [1.807, 2.05) is 0 Å². The molecule has 0 amide bonds. The summed E-state index contributed by atoms with van der Waals surface area (Å²) < 4.78 is 69.9. The molecule has 6 nitrogen and oxygen atoms in total. The third-order valence-corrected chi connectivity index (χ3v) is 4.26. The van der Waals surface area contributed by atoms with Crippen LogP contribution in [0.2, 0.25) is 0 Å². The van der Waals surface area contributed by atoms with Crippen LogP contribution in [-0.2, 0) is 23.3 Å². The topological polar surface area (TPSA) is 82.1 Å². The molecule has 0 aliphatic rings. The highest BCUT2D eigenvalue weighted by molar-refractivity contribution is 7.87. The van der Waals surface area contributed by atoms with Crippen LogP contribution in [-0.4, -0.2) is 38.4 Å². The molecule has 0 aromatic rings. The quantitative estimate of drug-likeness (QED) is 0.437. The van der Waals surface area contributed by atoms with Crippen molar-refractivity contribution in [3.8, 4) is 0 Å². The Morgan fingerprint density at radius 3 is 1.88 bits per heavy atom. The van der Waals surface area contributed by atoms with Crippen molar-refractivity contribution < 1.29 is 39.7 Å². The van der Waals surface area contributed by atoms with Gasteiger partial charge in [0.15, 0.2) is 0 Å². The van der Waals surface area contributed by atoms with Crippen LogP contribution < -0.4 is 0 Å². The first kappa shape index (κ1) is 17.0. The fourth-order valence-corrected chi connectivity index (χ4v) is 2.97. The molecule has 11 heteroatoms. The van der Waals surface area contributed by atoms with E-state index in [-0.39, 0.29) is 13.2 Å². The van der Waals surface area contributed by atoms with Gasteiger partial charge in [0.05, 0.1) is 13.2 Å². The molecule has 104 valence electrons. The predicted molar refractivity (Wildman–Crippen MR) is 53.3 cm³/mol. The second-order valence-corrected chi connectivity index (χ2v) is 6.28. The van der Waals surface area contributed by atoms with E-state index in [4.69, 9.17) is 0 Å². The Labute approximate surface area is 97.4 Å². The summed E-state index contributed by atoms with van der Waals surface area (Å²) in [6.45, 7) is 2.81. The summed E-state index contributed by atoms with van der Waals surface area (Å²) in [5.41, 5.74) is -5.55. The van der Waals surface area contributed by atoms with Gasteiger partial charge in [-0.25, -0.2) is 4.18 Å². The largest absolute Gasteiger partial charge is 0.523 e. The molecule has 0 aromatic heterocycles. The first-order valence-electron chi connectivity index (χ1n) is 4.43. The number of halogens is 3. The summed E-state index contributed by atoms with van der Waals surface area (Å²) in [7, 11) is -9.50. The van der Waals surface area contributed by atoms with Gasteiger partial charge in [0.2, 0.25) is 0 Å². The lowest BCUT2D eigenvalue weighted by Gasteiger charge is -2.15. The van der Waals surface area contributed by atoms with E-state index in [2.05, 4.69) is 13.2 Å². The molecule has 0 heterocycles. The van der Waals surface area contributed by atoms with Crippen LogP contribution in [0.5, 0.6) is 0 Å². The standard InChI is InChI=1S/C6H13F3O6PS/c1-3-13-16(10,14-4-2)5-15-17(11,12)6(7,8)9/h10H,3-5H2,1-2H3/q+1. The summed E-state index contributed by atoms with van der Waals surface area (Å²) in [6.07, 6.45) is -1.20. The Morgan fingerprint density at radius 1 is 1.18 bits per heavy atom. The SMILES string of the molecule is CCO[P+](O)(COS(=O)(=O)C(F)(F)F)OCC. The maximum atomic E-state index is 11.9. The van der Waals surface area contributed by atoms with E-state index in [1.165, 1.54) is 13.8 Å². The molecule has 0 radical (unpaired) electrons. The Hall–Kier alpha value is 0.01000. The van der Waals surface area contributed by atoms with E-state index in [0.717, 1.165) is 0 Å². The Morgan fingerprint density at radius 2 is 1.59 bits per heavy atom. The van der Waals surface area contributed by atoms with Gasteiger partial charge in [0.1, 0.15) is 0 Å². The molecule has 0 spiro atoms. The highest BCUT2D eigenvalue weighted by atomic mass is 32.2. The summed E-state index contributed by atoms with van der Waals surface area (Å²) in [5.74, 6) is 0. The van der Waals surface area contributed by atoms with Crippen molar-refractivity contribution in [1.82, 2.24) is 0 Å². The minimum absolute atomic E-state index is 0.0558. The van der Waals surface area contributed by atoms with Crippen LogP contribution >= 0.6 is 7.94 Å². The molecular weight excluding hydrogens is 288 g/mol.